The number of nitrogens with zero attached hydrogens (tertiary/aromatic N) is 3. The minimum atomic E-state index is -1.41. The summed E-state index contributed by atoms with van der Waals surface area (Å²) in [7, 11) is 0. The molecule has 2 heterocycles. The normalized spacial score (nSPS) is 27.5. The number of rotatable bonds is 17. The fourth-order valence-electron chi connectivity index (χ4n) is 6.77. The molecule has 2 aliphatic rings. The Bertz CT molecular complexity index is 1870. The van der Waals surface area contributed by atoms with E-state index >= 15 is 0 Å². The lowest BCUT2D eigenvalue weighted by molar-refractivity contribution is -0.312. The van der Waals surface area contributed by atoms with Crippen molar-refractivity contribution in [1.29, 1.82) is 0 Å². The van der Waals surface area contributed by atoms with Crippen LogP contribution in [0.25, 0.3) is 10.4 Å². The Morgan fingerprint density at radius 3 is 1.82 bits per heavy atom. The van der Waals surface area contributed by atoms with Crippen molar-refractivity contribution in [3.63, 3.8) is 0 Å². The molecular weight excluding hydrogens is 737 g/mol. The first-order valence-corrected chi connectivity index (χ1v) is 19.3. The molecule has 0 aromatic heterocycles. The molecule has 10 atom stereocenters. The van der Waals surface area contributed by atoms with E-state index in [9.17, 15) is 15.1 Å². The topological polar surface area (TPSA) is 174 Å². The molecule has 2 saturated heterocycles. The summed E-state index contributed by atoms with van der Waals surface area (Å²) in [4.78, 5) is 30.0. The largest absolute Gasteiger partial charge is 0.456 e. The molecule has 6 rings (SSSR count). The molecule has 4 aromatic carbocycles. The van der Waals surface area contributed by atoms with Gasteiger partial charge in [-0.25, -0.2) is 0 Å². The molecular formula is C42H46N4O9S. The summed E-state index contributed by atoms with van der Waals surface area (Å²) in [5.41, 5.74) is 17.7. The highest BCUT2D eigenvalue weighted by atomic mass is 32.2. The number of carbonyl (C=O) groups is 2. The minimum absolute atomic E-state index is 0.0679. The highest BCUT2D eigenvalue weighted by Crippen LogP contribution is 2.40. The molecule has 0 radical (unpaired) electrons. The Morgan fingerprint density at radius 1 is 0.750 bits per heavy atom. The maximum atomic E-state index is 13.4. The standard InChI is InChI=1S/C42H46N4O9S/c1-27-33(26-49-23-29-15-7-3-8-16-29)53-41(34(45-46-44)35(27)50-24-30-17-9-4-10-18-30)54-37-36(51-25-31-19-11-5-12-20-31)39(52-28(2)47)42(55-38(37)40(43)48)56-32-21-13-6-14-22-32/h3-22,27,33-39,41-42H,23-26H2,1-2H3,(H2,43,48)/t27-,33?,34?,35-,36-,37+,38?,39?,41-,42+/m1/s1. The third-order valence-corrected chi connectivity index (χ3v) is 10.7. The number of thioether (sulfide) groups is 1. The molecule has 2 aliphatic heterocycles. The van der Waals surface area contributed by atoms with Crippen molar-refractivity contribution in [1.82, 2.24) is 0 Å². The molecule has 2 fully saturated rings. The molecule has 2 N–H and O–H groups in total. The van der Waals surface area contributed by atoms with Gasteiger partial charge in [0, 0.05) is 22.6 Å². The molecule has 0 spiro atoms. The van der Waals surface area contributed by atoms with Crippen molar-refractivity contribution in [3.05, 3.63) is 148 Å². The van der Waals surface area contributed by atoms with Gasteiger partial charge in [-0.15, -0.1) is 0 Å². The number of amides is 1. The summed E-state index contributed by atoms with van der Waals surface area (Å²) >= 11 is 1.25. The van der Waals surface area contributed by atoms with Gasteiger partial charge in [-0.3, -0.25) is 9.59 Å². The number of esters is 1. The lowest BCUT2D eigenvalue weighted by Gasteiger charge is -2.48. The maximum Gasteiger partial charge on any atom is 0.303 e. The van der Waals surface area contributed by atoms with Gasteiger partial charge in [-0.1, -0.05) is 133 Å². The van der Waals surface area contributed by atoms with Gasteiger partial charge < -0.3 is 38.9 Å². The second kappa shape index (κ2) is 20.4. The Morgan fingerprint density at radius 2 is 1.29 bits per heavy atom. The van der Waals surface area contributed by atoms with E-state index in [1.165, 1.54) is 18.7 Å². The van der Waals surface area contributed by atoms with Crippen LogP contribution in [-0.2, 0) is 62.6 Å². The van der Waals surface area contributed by atoms with E-state index in [2.05, 4.69) is 10.0 Å². The van der Waals surface area contributed by atoms with Crippen molar-refractivity contribution in [3.8, 4) is 0 Å². The van der Waals surface area contributed by atoms with Crippen LogP contribution in [0.2, 0.25) is 0 Å². The smallest absolute Gasteiger partial charge is 0.303 e. The predicted octanol–water partition coefficient (Wildman–Crippen LogP) is 6.73. The summed E-state index contributed by atoms with van der Waals surface area (Å²) in [6.07, 6.45) is -7.54. The summed E-state index contributed by atoms with van der Waals surface area (Å²) in [5.74, 6) is -1.78. The predicted molar refractivity (Wildman–Crippen MR) is 207 cm³/mol. The van der Waals surface area contributed by atoms with Gasteiger partial charge in [0.25, 0.3) is 0 Å². The number of ether oxygens (including phenoxy) is 7. The summed E-state index contributed by atoms with van der Waals surface area (Å²) in [6, 6.07) is 37.0. The number of hydrogen-bond donors (Lipinski definition) is 1. The van der Waals surface area contributed by atoms with Crippen molar-refractivity contribution in [2.45, 2.75) is 93.0 Å². The van der Waals surface area contributed by atoms with E-state index < -0.39 is 66.3 Å². The molecule has 4 aromatic rings. The second-order valence-corrected chi connectivity index (χ2v) is 14.7. The highest BCUT2D eigenvalue weighted by Gasteiger charge is 2.55. The lowest BCUT2D eigenvalue weighted by atomic mass is 9.89. The Labute approximate surface area is 330 Å². The Hall–Kier alpha value is -4.76. The third-order valence-electron chi connectivity index (χ3n) is 9.54. The second-order valence-electron chi connectivity index (χ2n) is 13.6. The van der Waals surface area contributed by atoms with E-state index in [1.54, 1.807) is 0 Å². The molecule has 0 bridgehead atoms. The van der Waals surface area contributed by atoms with Crippen LogP contribution in [0.4, 0.5) is 0 Å². The van der Waals surface area contributed by atoms with Gasteiger partial charge in [-0.2, -0.15) is 0 Å². The molecule has 1 amide bonds. The molecule has 0 saturated carbocycles. The van der Waals surface area contributed by atoms with Crippen LogP contribution in [0.5, 0.6) is 0 Å². The number of hydrogen-bond acceptors (Lipinski definition) is 11. The first-order chi connectivity index (χ1) is 27.3. The van der Waals surface area contributed by atoms with Crippen LogP contribution in [0.1, 0.15) is 30.5 Å². The average molecular weight is 783 g/mol. The van der Waals surface area contributed by atoms with E-state index in [4.69, 9.17) is 38.9 Å². The zero-order valence-corrected chi connectivity index (χ0v) is 32.0. The highest BCUT2D eigenvalue weighted by molar-refractivity contribution is 7.99. The van der Waals surface area contributed by atoms with Crippen molar-refractivity contribution in [2.24, 2.45) is 16.8 Å². The minimum Gasteiger partial charge on any atom is -0.456 e. The molecule has 14 heteroatoms. The van der Waals surface area contributed by atoms with Gasteiger partial charge in [0.2, 0.25) is 5.91 Å². The summed E-state index contributed by atoms with van der Waals surface area (Å²) in [5, 5.41) is 4.14. The molecule has 13 nitrogen and oxygen atoms in total. The number of azide groups is 1. The van der Waals surface area contributed by atoms with Crippen LogP contribution in [0.3, 0.4) is 0 Å². The fraction of sp³-hybridized carbons (Fsp3) is 0.381. The van der Waals surface area contributed by atoms with Crippen LogP contribution < -0.4 is 5.73 Å². The van der Waals surface area contributed by atoms with Crippen molar-refractivity contribution < 1.29 is 42.7 Å². The van der Waals surface area contributed by atoms with Crippen LogP contribution >= 0.6 is 11.8 Å². The number of primary amides is 1. The van der Waals surface area contributed by atoms with E-state index in [-0.39, 0.29) is 25.7 Å². The monoisotopic (exact) mass is 782 g/mol. The Balaban J connectivity index is 1.34. The van der Waals surface area contributed by atoms with Gasteiger partial charge in [0.15, 0.2) is 18.5 Å². The number of benzene rings is 4. The van der Waals surface area contributed by atoms with E-state index in [0.717, 1.165) is 21.6 Å². The zero-order chi connectivity index (χ0) is 39.3. The maximum absolute atomic E-state index is 13.4. The first-order valence-electron chi connectivity index (χ1n) is 18.4. The molecule has 0 aliphatic carbocycles. The molecule has 4 unspecified atom stereocenters. The molecule has 294 valence electrons. The fourth-order valence-corrected chi connectivity index (χ4v) is 7.87. The van der Waals surface area contributed by atoms with Crippen LogP contribution in [0.15, 0.2) is 131 Å². The van der Waals surface area contributed by atoms with Gasteiger partial charge >= 0.3 is 5.97 Å². The lowest BCUT2D eigenvalue weighted by Crippen LogP contribution is -2.65. The first kappa shape index (κ1) is 40.9. The number of carbonyl (C=O) groups excluding carboxylic acids is 2. The third kappa shape index (κ3) is 11.0. The number of nitrogens with two attached hydrogens (primary N) is 1. The molecule has 56 heavy (non-hydrogen) atoms. The van der Waals surface area contributed by atoms with Crippen molar-refractivity contribution >= 4 is 23.6 Å². The van der Waals surface area contributed by atoms with Crippen molar-refractivity contribution in [2.75, 3.05) is 6.61 Å². The SMILES string of the molecule is CC(=O)OC1[C@H](Sc2ccccc2)OC(C(N)=O)[C@@H](O[C@H]2OC(COCc3ccccc3)[C@@H](C)[C@@H](OCc3ccccc3)C2N=[N+]=[N-])[C@H]1OCc1ccccc1. The average Bonchev–Trinajstić information content (AvgIpc) is 3.21. The Kier molecular flexibility index (Phi) is 14.9. The summed E-state index contributed by atoms with van der Waals surface area (Å²) in [6.45, 7) is 3.97. The van der Waals surface area contributed by atoms with Crippen LogP contribution in [0, 0.1) is 5.92 Å². The summed E-state index contributed by atoms with van der Waals surface area (Å²) < 4.78 is 44.9. The van der Waals surface area contributed by atoms with Gasteiger partial charge in [0.1, 0.15) is 23.7 Å². The van der Waals surface area contributed by atoms with E-state index in [0.29, 0.717) is 6.61 Å². The van der Waals surface area contributed by atoms with Gasteiger partial charge in [0.05, 0.1) is 38.6 Å². The quantitative estimate of drug-likeness (QED) is 0.0524. The zero-order valence-electron chi connectivity index (χ0n) is 31.2. The van der Waals surface area contributed by atoms with Gasteiger partial charge in [-0.05, 0) is 34.4 Å². The van der Waals surface area contributed by atoms with Crippen LogP contribution in [-0.4, -0.2) is 72.9 Å². The van der Waals surface area contributed by atoms with E-state index in [1.807, 2.05) is 128 Å².